The van der Waals surface area contributed by atoms with Crippen LogP contribution in [-0.2, 0) is 12.8 Å². The fourth-order valence-corrected chi connectivity index (χ4v) is 7.37. The van der Waals surface area contributed by atoms with Crippen molar-refractivity contribution in [2.24, 2.45) is 17.8 Å². The van der Waals surface area contributed by atoms with Crippen LogP contribution >= 0.6 is 0 Å². The van der Waals surface area contributed by atoms with Crippen LogP contribution in [-0.4, -0.2) is 4.57 Å². The molecule has 3 aromatic carbocycles. The Labute approximate surface area is 247 Å². The number of nitriles is 2. The van der Waals surface area contributed by atoms with Gasteiger partial charge in [0.25, 0.3) is 0 Å². The number of hydrogen-bond acceptors (Lipinski definition) is 4. The summed E-state index contributed by atoms with van der Waals surface area (Å²) in [6.45, 7) is 0. The molecule has 5 nitrogen and oxygen atoms in total. The predicted octanol–water partition coefficient (Wildman–Crippen LogP) is 9.19. The summed E-state index contributed by atoms with van der Waals surface area (Å²) in [5.41, 5.74) is 9.34. The third-order valence-corrected chi connectivity index (χ3v) is 9.38. The fourth-order valence-electron chi connectivity index (χ4n) is 7.37. The molecule has 0 N–H and O–H groups in total. The highest BCUT2D eigenvalue weighted by Crippen LogP contribution is 2.45. The van der Waals surface area contributed by atoms with Gasteiger partial charge in [-0.25, -0.2) is 0 Å². The molecule has 3 heterocycles. The van der Waals surface area contributed by atoms with Crippen molar-refractivity contribution >= 4 is 61.7 Å². The van der Waals surface area contributed by atoms with Crippen molar-refractivity contribution in [3.63, 3.8) is 0 Å². The first-order chi connectivity index (χ1) is 21.2. The molecule has 5 heteroatoms. The quantitative estimate of drug-likeness (QED) is 0.213. The second-order valence-electron chi connectivity index (χ2n) is 11.7. The molecule has 0 fully saturated rings. The second-order valence-corrected chi connectivity index (χ2v) is 11.7. The van der Waals surface area contributed by atoms with Gasteiger partial charge >= 0.3 is 0 Å². The number of rotatable bonds is 2. The average molecular weight is 556 g/mol. The Morgan fingerprint density at radius 1 is 0.721 bits per heavy atom. The molecule has 0 amide bonds. The van der Waals surface area contributed by atoms with E-state index in [4.69, 9.17) is 8.83 Å². The van der Waals surface area contributed by atoms with Crippen molar-refractivity contribution in [2.75, 3.05) is 0 Å². The molecule has 0 bridgehead atoms. The zero-order chi connectivity index (χ0) is 28.7. The van der Waals surface area contributed by atoms with E-state index in [2.05, 4.69) is 89.6 Å². The number of para-hydroxylation sites is 2. The van der Waals surface area contributed by atoms with Gasteiger partial charge in [0, 0.05) is 44.4 Å². The van der Waals surface area contributed by atoms with Crippen LogP contribution < -0.4 is 0 Å². The van der Waals surface area contributed by atoms with Crippen molar-refractivity contribution in [1.82, 2.24) is 4.57 Å². The molecule has 0 radical (unpaired) electrons. The minimum atomic E-state index is -0.180. The maximum absolute atomic E-state index is 9.95. The number of hydrogen-bond donors (Lipinski definition) is 0. The largest absolute Gasteiger partial charge is 0.452 e. The van der Waals surface area contributed by atoms with Gasteiger partial charge in [-0.05, 0) is 66.8 Å². The third kappa shape index (κ3) is 3.43. The molecule has 3 aliphatic rings. The Hall–Kier alpha value is -5.52. The Bertz CT molecular complexity index is 2370. The zero-order valence-electron chi connectivity index (χ0n) is 23.2. The predicted molar refractivity (Wildman–Crippen MR) is 170 cm³/mol. The summed E-state index contributed by atoms with van der Waals surface area (Å²) < 4.78 is 15.1. The summed E-state index contributed by atoms with van der Waals surface area (Å²) in [6, 6.07) is 25.8. The molecule has 3 aromatic heterocycles. The van der Waals surface area contributed by atoms with Crippen LogP contribution in [0.2, 0.25) is 0 Å². The second kappa shape index (κ2) is 8.99. The summed E-state index contributed by atoms with van der Waals surface area (Å²) >= 11 is 0. The van der Waals surface area contributed by atoms with E-state index in [1.807, 2.05) is 24.3 Å². The summed E-state index contributed by atoms with van der Waals surface area (Å²) in [6.07, 6.45) is 15.0. The van der Waals surface area contributed by atoms with Gasteiger partial charge in [0.05, 0.1) is 29.5 Å². The van der Waals surface area contributed by atoms with Gasteiger partial charge in [0.15, 0.2) is 11.2 Å². The average Bonchev–Trinajstić information content (AvgIpc) is 3.73. The molecular weight excluding hydrogens is 530 g/mol. The minimum Gasteiger partial charge on any atom is -0.452 e. The van der Waals surface area contributed by atoms with Crippen molar-refractivity contribution in [3.05, 3.63) is 113 Å². The van der Waals surface area contributed by atoms with E-state index in [1.54, 1.807) is 0 Å². The van der Waals surface area contributed by atoms with E-state index >= 15 is 0 Å². The van der Waals surface area contributed by atoms with Gasteiger partial charge in [-0.15, -0.1) is 0 Å². The molecule has 43 heavy (non-hydrogen) atoms. The van der Waals surface area contributed by atoms with E-state index in [-0.39, 0.29) is 17.8 Å². The molecular formula is C38H25N3O2. The molecule has 0 saturated carbocycles. The lowest BCUT2D eigenvalue weighted by Gasteiger charge is -2.28. The molecule has 0 aliphatic heterocycles. The third-order valence-electron chi connectivity index (χ3n) is 9.38. The van der Waals surface area contributed by atoms with Gasteiger partial charge in [-0.1, -0.05) is 60.7 Å². The van der Waals surface area contributed by atoms with Gasteiger partial charge in [-0.3, -0.25) is 0 Å². The number of benzene rings is 3. The van der Waals surface area contributed by atoms with Crippen LogP contribution in [0.15, 0.2) is 99.4 Å². The number of furan rings is 2. The van der Waals surface area contributed by atoms with E-state index in [0.717, 1.165) is 67.6 Å². The van der Waals surface area contributed by atoms with Crippen molar-refractivity contribution in [2.45, 2.75) is 19.3 Å². The van der Waals surface area contributed by atoms with Crippen LogP contribution in [0.4, 0.5) is 0 Å². The summed E-state index contributed by atoms with van der Waals surface area (Å²) in [7, 11) is 0. The first-order valence-electron chi connectivity index (χ1n) is 14.8. The SMILES string of the molecule is N#CC1C=C([C@@H]2C=Cc3oc4c(ccc5c6ccccc6oc54)c3C2)C(n2c3c(c4ccccc42)CC(C#N)C=C3)=CC1. The lowest BCUT2D eigenvalue weighted by atomic mass is 9.80. The van der Waals surface area contributed by atoms with Crippen molar-refractivity contribution in [1.29, 1.82) is 10.5 Å². The molecule has 2 unspecified atom stereocenters. The Kier molecular flexibility index (Phi) is 5.04. The van der Waals surface area contributed by atoms with Gasteiger partial charge in [-0.2, -0.15) is 10.5 Å². The first-order valence-corrected chi connectivity index (χ1v) is 14.8. The highest BCUT2D eigenvalue weighted by Gasteiger charge is 2.31. The monoisotopic (exact) mass is 555 g/mol. The number of fused-ring (bicyclic) bond motifs is 10. The van der Waals surface area contributed by atoms with E-state index in [9.17, 15) is 10.5 Å². The van der Waals surface area contributed by atoms with Gasteiger partial charge < -0.3 is 13.4 Å². The smallest absolute Gasteiger partial charge is 0.178 e. The Morgan fingerprint density at radius 3 is 2.40 bits per heavy atom. The van der Waals surface area contributed by atoms with Gasteiger partial charge in [0.1, 0.15) is 11.3 Å². The molecule has 204 valence electrons. The van der Waals surface area contributed by atoms with Crippen LogP contribution in [0.5, 0.6) is 0 Å². The maximum atomic E-state index is 9.95. The van der Waals surface area contributed by atoms with Crippen LogP contribution in [0.25, 0.3) is 61.7 Å². The summed E-state index contributed by atoms with van der Waals surface area (Å²) in [4.78, 5) is 0. The van der Waals surface area contributed by atoms with E-state index in [1.165, 1.54) is 16.5 Å². The van der Waals surface area contributed by atoms with Crippen molar-refractivity contribution in [3.8, 4) is 12.1 Å². The number of nitrogens with zero attached hydrogens (tertiary/aromatic N) is 3. The highest BCUT2D eigenvalue weighted by atomic mass is 16.4. The summed E-state index contributed by atoms with van der Waals surface area (Å²) in [5.74, 6) is 0.629. The lowest BCUT2D eigenvalue weighted by molar-refractivity contribution is 0.578. The Morgan fingerprint density at radius 2 is 1.51 bits per heavy atom. The Balaban J connectivity index is 1.18. The minimum absolute atomic E-state index is 0.0679. The van der Waals surface area contributed by atoms with Crippen LogP contribution in [0.1, 0.15) is 29.0 Å². The van der Waals surface area contributed by atoms with Gasteiger partial charge in [0.2, 0.25) is 0 Å². The van der Waals surface area contributed by atoms with E-state index in [0.29, 0.717) is 12.8 Å². The normalized spacial score (nSPS) is 21.0. The molecule has 9 rings (SSSR count). The molecule has 6 aromatic rings. The fraction of sp³-hybridized carbons (Fsp3) is 0.158. The number of allylic oxidation sites excluding steroid dienone is 6. The highest BCUT2D eigenvalue weighted by molar-refractivity contribution is 6.14. The summed E-state index contributed by atoms with van der Waals surface area (Å²) in [5, 5.41) is 24.0. The molecule has 3 aliphatic carbocycles. The standard InChI is InChI=1S/C38H25N3O2/c39-20-22-9-14-33(41-32-7-3-1-5-25(32)30-18-23(21-40)10-15-34(30)41)29(17-22)24-11-16-36-31(19-24)28-13-12-27-26-6-2-4-8-35(26)42-37(27)38(28)43-36/h1-8,10-17,22-24H,9,18-19H2/t22?,23?,24-/m1/s1. The van der Waals surface area contributed by atoms with Crippen molar-refractivity contribution < 1.29 is 8.83 Å². The van der Waals surface area contributed by atoms with Crippen LogP contribution in [0.3, 0.4) is 0 Å². The molecule has 0 spiro atoms. The van der Waals surface area contributed by atoms with Crippen LogP contribution in [0, 0.1) is 40.4 Å². The zero-order valence-corrected chi connectivity index (χ0v) is 23.2. The van der Waals surface area contributed by atoms with E-state index < -0.39 is 0 Å². The molecule has 3 atom stereocenters. The first kappa shape index (κ1) is 24.1. The topological polar surface area (TPSA) is 78.8 Å². The maximum Gasteiger partial charge on any atom is 0.178 e. The lowest BCUT2D eigenvalue weighted by Crippen LogP contribution is -2.18. The molecule has 0 saturated heterocycles. The number of aromatic nitrogens is 1.